The summed E-state index contributed by atoms with van der Waals surface area (Å²) in [5, 5.41) is 4.88. The Morgan fingerprint density at radius 1 is 1.02 bits per heavy atom. The van der Waals surface area contributed by atoms with E-state index in [1.54, 1.807) is 29.2 Å². The summed E-state index contributed by atoms with van der Waals surface area (Å²) in [6.45, 7) is 8.13. The van der Waals surface area contributed by atoms with Crippen molar-refractivity contribution in [3.8, 4) is 11.8 Å². The van der Waals surface area contributed by atoms with Gasteiger partial charge in [-0.05, 0) is 55.8 Å². The Morgan fingerprint density at radius 2 is 1.77 bits per heavy atom. The molecule has 0 bridgehead atoms. The first-order valence-electron chi connectivity index (χ1n) is 14.7. The van der Waals surface area contributed by atoms with Gasteiger partial charge in [0.05, 0.1) is 6.54 Å². The summed E-state index contributed by atoms with van der Waals surface area (Å²) < 4.78 is 0. The van der Waals surface area contributed by atoms with Crippen LogP contribution in [-0.4, -0.2) is 95.2 Å². The molecule has 0 aliphatic carbocycles. The third-order valence-corrected chi connectivity index (χ3v) is 8.71. The standard InChI is InChI=1S/C32H34N6O5/c1-3-35-14-16-36(17-15-35)29(41)26-10-11-27(39)38(26)24-8-5-22(6-9-24)12-13-32(30(42)33-31(43)34-32)20-37-19-23-7-4-21(2)18-25(23)28(37)40/h4-9,18,26H,3,10-11,14-17,19-20H2,1-2H3,(H2,33,34,42,43)/t26?,32-/m1/s1. The number of piperazine rings is 1. The number of likely N-dealkylation sites (N-methyl/N-ethyl adjacent to an activating group) is 1. The van der Waals surface area contributed by atoms with Crippen LogP contribution in [0.1, 0.15) is 46.8 Å². The molecule has 3 fully saturated rings. The lowest BCUT2D eigenvalue weighted by atomic mass is 9.99. The fraction of sp³-hybridized carbons (Fsp3) is 0.406. The van der Waals surface area contributed by atoms with E-state index in [9.17, 15) is 24.0 Å². The number of carbonyl (C=O) groups is 5. The van der Waals surface area contributed by atoms with Crippen LogP contribution in [-0.2, 0) is 20.9 Å². The highest BCUT2D eigenvalue weighted by Crippen LogP contribution is 2.29. The number of imide groups is 1. The van der Waals surface area contributed by atoms with Gasteiger partial charge in [0, 0.05) is 56.0 Å². The smallest absolute Gasteiger partial charge is 0.323 e. The van der Waals surface area contributed by atoms with E-state index in [4.69, 9.17) is 0 Å². The number of nitrogens with zero attached hydrogens (tertiary/aromatic N) is 4. The number of fused-ring (bicyclic) bond motifs is 1. The number of rotatable bonds is 5. The topological polar surface area (TPSA) is 122 Å². The van der Waals surface area contributed by atoms with Crippen LogP contribution in [0.5, 0.6) is 0 Å². The maximum atomic E-state index is 13.4. The Morgan fingerprint density at radius 3 is 2.44 bits per heavy atom. The monoisotopic (exact) mass is 582 g/mol. The predicted octanol–water partition coefficient (Wildman–Crippen LogP) is 1.24. The molecule has 11 heteroatoms. The van der Waals surface area contributed by atoms with Crippen molar-refractivity contribution in [2.45, 2.75) is 44.8 Å². The van der Waals surface area contributed by atoms with Crippen LogP contribution in [0.4, 0.5) is 10.5 Å². The number of hydrogen-bond acceptors (Lipinski definition) is 6. The van der Waals surface area contributed by atoms with E-state index >= 15 is 0 Å². The molecule has 3 saturated heterocycles. The summed E-state index contributed by atoms with van der Waals surface area (Å²) in [6, 6.07) is 11.4. The van der Waals surface area contributed by atoms with Crippen LogP contribution in [0.2, 0.25) is 0 Å². The van der Waals surface area contributed by atoms with E-state index in [2.05, 4.69) is 34.3 Å². The normalized spacial score (nSPS) is 23.7. The van der Waals surface area contributed by atoms with E-state index in [0.29, 0.717) is 49.3 Å². The molecule has 43 heavy (non-hydrogen) atoms. The van der Waals surface area contributed by atoms with Gasteiger partial charge in [-0.3, -0.25) is 29.4 Å². The zero-order valence-corrected chi connectivity index (χ0v) is 24.3. The Balaban J connectivity index is 1.19. The number of nitrogens with one attached hydrogen (secondary N) is 2. The molecule has 11 nitrogen and oxygen atoms in total. The SMILES string of the molecule is CCN1CCN(C(=O)C2CCC(=O)N2c2ccc(C#C[C@]3(CN4Cc5ccc(C)cc5C4=O)NC(=O)NC3=O)cc2)CC1. The highest BCUT2D eigenvalue weighted by Gasteiger charge is 2.48. The van der Waals surface area contributed by atoms with Gasteiger partial charge in [0.2, 0.25) is 17.4 Å². The molecule has 4 aliphatic rings. The van der Waals surface area contributed by atoms with Gasteiger partial charge in [0.15, 0.2) is 0 Å². The van der Waals surface area contributed by atoms with Crippen molar-refractivity contribution in [3.05, 3.63) is 64.7 Å². The number of urea groups is 1. The third-order valence-electron chi connectivity index (χ3n) is 8.71. The Hall–Kier alpha value is -4.69. The van der Waals surface area contributed by atoms with Crippen molar-refractivity contribution >= 4 is 35.3 Å². The summed E-state index contributed by atoms with van der Waals surface area (Å²) in [5.74, 6) is 4.94. The molecular formula is C32H34N6O5. The molecule has 0 saturated carbocycles. The lowest BCUT2D eigenvalue weighted by Gasteiger charge is -2.36. The molecule has 0 aromatic heterocycles. The van der Waals surface area contributed by atoms with Crippen molar-refractivity contribution in [2.24, 2.45) is 0 Å². The van der Waals surface area contributed by atoms with Gasteiger partial charge in [-0.2, -0.15) is 0 Å². The molecule has 0 spiro atoms. The van der Waals surface area contributed by atoms with Gasteiger partial charge in [-0.15, -0.1) is 0 Å². The van der Waals surface area contributed by atoms with Gasteiger partial charge >= 0.3 is 6.03 Å². The highest BCUT2D eigenvalue weighted by atomic mass is 16.2. The lowest BCUT2D eigenvalue weighted by Crippen LogP contribution is -2.54. The Kier molecular flexibility index (Phi) is 7.40. The van der Waals surface area contributed by atoms with Crippen LogP contribution in [0, 0.1) is 18.8 Å². The molecule has 2 aromatic carbocycles. The predicted molar refractivity (Wildman–Crippen MR) is 158 cm³/mol. The third kappa shape index (κ3) is 5.34. The van der Waals surface area contributed by atoms with Gasteiger partial charge in [-0.25, -0.2) is 4.79 Å². The molecule has 6 amide bonds. The molecule has 2 N–H and O–H groups in total. The first kappa shape index (κ1) is 28.4. The van der Waals surface area contributed by atoms with E-state index < -0.39 is 23.5 Å². The van der Waals surface area contributed by atoms with E-state index in [1.807, 2.05) is 30.0 Å². The van der Waals surface area contributed by atoms with Crippen LogP contribution in [0.15, 0.2) is 42.5 Å². The van der Waals surface area contributed by atoms with E-state index in [1.165, 1.54) is 4.90 Å². The molecule has 6 rings (SSSR count). The average molecular weight is 583 g/mol. The first-order chi connectivity index (χ1) is 20.7. The van der Waals surface area contributed by atoms with Crippen LogP contribution in [0.3, 0.4) is 0 Å². The van der Waals surface area contributed by atoms with Gasteiger partial charge in [0.1, 0.15) is 6.04 Å². The summed E-state index contributed by atoms with van der Waals surface area (Å²) in [4.78, 5) is 71.7. The summed E-state index contributed by atoms with van der Waals surface area (Å²) in [7, 11) is 0. The maximum Gasteiger partial charge on any atom is 0.323 e. The molecule has 0 radical (unpaired) electrons. The number of aryl methyl sites for hydroxylation is 1. The Labute approximate surface area is 250 Å². The molecule has 2 atom stereocenters. The van der Waals surface area contributed by atoms with Gasteiger partial charge in [0.25, 0.3) is 11.8 Å². The van der Waals surface area contributed by atoms with Gasteiger partial charge < -0.3 is 20.0 Å². The average Bonchev–Trinajstić information content (AvgIpc) is 3.63. The summed E-state index contributed by atoms with van der Waals surface area (Å²) in [6.07, 6.45) is 0.784. The maximum absolute atomic E-state index is 13.4. The molecular weight excluding hydrogens is 548 g/mol. The van der Waals surface area contributed by atoms with E-state index in [0.717, 1.165) is 30.8 Å². The first-order valence-corrected chi connectivity index (χ1v) is 14.7. The number of carbonyl (C=O) groups excluding carboxylic acids is 5. The summed E-state index contributed by atoms with van der Waals surface area (Å²) in [5.41, 5.74) is 1.94. The van der Waals surface area contributed by atoms with Crippen molar-refractivity contribution in [2.75, 3.05) is 44.2 Å². The zero-order chi connectivity index (χ0) is 30.3. The number of anilines is 1. The van der Waals surface area contributed by atoms with Crippen LogP contribution >= 0.6 is 0 Å². The second-order valence-corrected chi connectivity index (χ2v) is 11.5. The zero-order valence-electron chi connectivity index (χ0n) is 24.3. The number of hydrogen-bond donors (Lipinski definition) is 2. The van der Waals surface area contributed by atoms with Crippen molar-refractivity contribution in [1.29, 1.82) is 0 Å². The molecule has 4 heterocycles. The Bertz CT molecular complexity index is 1570. The minimum Gasteiger partial charge on any atom is -0.338 e. The fourth-order valence-electron chi connectivity index (χ4n) is 6.24. The quantitative estimate of drug-likeness (QED) is 0.404. The minimum atomic E-state index is -1.62. The second-order valence-electron chi connectivity index (χ2n) is 11.5. The van der Waals surface area contributed by atoms with Crippen LogP contribution < -0.4 is 15.5 Å². The molecule has 1 unspecified atom stereocenters. The number of amides is 6. The summed E-state index contributed by atoms with van der Waals surface area (Å²) >= 11 is 0. The second kappa shape index (κ2) is 11.2. The lowest BCUT2D eigenvalue weighted by molar-refractivity contribution is -0.134. The van der Waals surface area contributed by atoms with Crippen molar-refractivity contribution in [1.82, 2.24) is 25.3 Å². The molecule has 4 aliphatic heterocycles. The van der Waals surface area contributed by atoms with Crippen LogP contribution in [0.25, 0.3) is 0 Å². The van der Waals surface area contributed by atoms with Crippen molar-refractivity contribution < 1.29 is 24.0 Å². The van der Waals surface area contributed by atoms with E-state index in [-0.39, 0.29) is 24.3 Å². The molecule has 222 valence electrons. The number of benzene rings is 2. The fourth-order valence-corrected chi connectivity index (χ4v) is 6.24. The largest absolute Gasteiger partial charge is 0.338 e. The minimum absolute atomic E-state index is 0.0239. The van der Waals surface area contributed by atoms with Crippen molar-refractivity contribution in [3.63, 3.8) is 0 Å². The van der Waals surface area contributed by atoms with Gasteiger partial charge in [-0.1, -0.05) is 36.5 Å². The highest BCUT2D eigenvalue weighted by molar-refractivity contribution is 6.10. The molecule has 2 aromatic rings.